The molecule has 28 nitrogen and oxygen atoms in total. The van der Waals surface area contributed by atoms with Gasteiger partial charge in [0.25, 0.3) is 0 Å². The number of ether oxygens (including phenoxy) is 20. The first-order valence-electron chi connectivity index (χ1n) is 45.8. The molecule has 6 N–H and O–H groups in total. The van der Waals surface area contributed by atoms with E-state index in [0.29, 0.717) is 117 Å². The Morgan fingerprint density at radius 2 is 0.846 bits per heavy atom. The number of carbonyl (C=O) groups is 2. The van der Waals surface area contributed by atoms with Crippen LogP contribution in [0.15, 0.2) is 94.2 Å². The lowest BCUT2D eigenvalue weighted by Gasteiger charge is -2.51. The van der Waals surface area contributed by atoms with Crippen molar-refractivity contribution < 1.29 is 135 Å². The standard InChI is InChI=1S/C48H74O14.C47H72O14/c1-11-25(2)43-28(5)17-18-47(62-43)23-34-20-33(61-47)16-15-27(4)42(26(3)13-12-14-32-24-55-45-40(49)29(6)19-35(46(51)58-34)48(32,45)52)59-39-22-37(54-10)44(31(8)57-39)60-38-21-36(53-9)41(50)30(7)56-38;1-24(2)41-27(5)16-17-46(61-41)22-33-19-32(60-46)15-14-26(4)42(25(3)12-11-13-31-23-54-44-39(48)28(6)18-34(45(50)57-33)47(31,44)51)58-38-21-36(53-10)43(30(8)56-38)59-37-20-35(52-9)40(49)29(7)55-37/h12-15,19,25-26,28,30-31,33-45,49-50,52H,11,16-18,20-24H2,1-10H3;11-14,18,24-25,27,29-30,32-44,48-49,51H,15-17,19-23H2,1-10H3/b13-12+,27-15+,32-14+;12-11+,26-14+,31-13+/t25-,26-,28-,30-,31-,33+,34-,35-,36-,37-,38-,39-,40+,41-,42?,43+,44?,45+,47+,48+;25-,27-,29-,30-,32+,33-,34-,35-,36-,37-,38-,39+,40-,41+,42?,43?,44+,46+,47+/m00/s1. The zero-order valence-electron chi connectivity index (χ0n) is 76.2. The van der Waals surface area contributed by atoms with Gasteiger partial charge in [0.1, 0.15) is 84.1 Å². The van der Waals surface area contributed by atoms with Crippen molar-refractivity contribution in [1.29, 1.82) is 0 Å². The van der Waals surface area contributed by atoms with Gasteiger partial charge in [-0.1, -0.05) is 123 Å². The van der Waals surface area contributed by atoms with E-state index < -0.39 is 182 Å². The summed E-state index contributed by atoms with van der Waals surface area (Å²) in [5.74, 6) is -4.25. The molecule has 4 unspecified atom stereocenters. The first kappa shape index (κ1) is 96.5. The van der Waals surface area contributed by atoms with Crippen molar-refractivity contribution in [2.45, 2.75) is 402 Å². The molecule has 0 aromatic heterocycles. The quantitative estimate of drug-likeness (QED) is 0.0655. The maximum Gasteiger partial charge on any atom is 0.316 e. The fourth-order valence-electron chi connectivity index (χ4n) is 21.8. The van der Waals surface area contributed by atoms with E-state index in [-0.39, 0.29) is 67.6 Å². The van der Waals surface area contributed by atoms with Crippen molar-refractivity contribution in [2.75, 3.05) is 41.7 Å². The third-order valence-electron chi connectivity index (χ3n) is 29.3. The van der Waals surface area contributed by atoms with Crippen molar-refractivity contribution in [1.82, 2.24) is 0 Å². The second-order valence-corrected chi connectivity index (χ2v) is 38.6. The summed E-state index contributed by atoms with van der Waals surface area (Å²) in [5.41, 5.74) is 0.372. The lowest BCUT2D eigenvalue weighted by Crippen LogP contribution is -2.58. The summed E-state index contributed by atoms with van der Waals surface area (Å²) < 4.78 is 128. The molecule has 14 rings (SSSR count). The van der Waals surface area contributed by atoms with Crippen LogP contribution in [0.4, 0.5) is 0 Å². The lowest BCUT2D eigenvalue weighted by atomic mass is 9.71. The van der Waals surface area contributed by atoms with Crippen molar-refractivity contribution in [3.63, 3.8) is 0 Å². The molecule has 39 atom stereocenters. The van der Waals surface area contributed by atoms with Crippen LogP contribution < -0.4 is 0 Å². The van der Waals surface area contributed by atoms with E-state index in [4.69, 9.17) is 94.7 Å². The first-order chi connectivity index (χ1) is 58.5. The average molecular weight is 1740 g/mol. The maximum absolute atomic E-state index is 14.4. The van der Waals surface area contributed by atoms with Gasteiger partial charge in [0.15, 0.2) is 36.7 Å². The molecule has 2 spiro atoms. The third-order valence-corrected chi connectivity index (χ3v) is 29.3. The Hall–Kier alpha value is -4.10. The number of aliphatic hydroxyl groups is 6. The minimum absolute atomic E-state index is 0.00708. The smallest absolute Gasteiger partial charge is 0.316 e. The predicted octanol–water partition coefficient (Wildman–Crippen LogP) is 10.8. The fourth-order valence-corrected chi connectivity index (χ4v) is 21.8. The molecule has 28 heteroatoms. The zero-order valence-corrected chi connectivity index (χ0v) is 76.2. The molecule has 12 heterocycles. The minimum Gasteiger partial charge on any atom is -0.462 e. The SMILES string of the molecule is CC[C@H](C)[C@H]1O[C@]2(CC[C@@H]1C)C[C@@H]1C[C@@H](C/C=C(\C)C(O[C@H]3C[C@H](OC)C(O[C@H]4C[C@H](OC)[C@@H](O)[C@H](C)O4)[C@H](C)O3)[C@@H](C)/C=C/C=C3\CO[C@@H]4[C@H](O)C(C)=C[C@@H](C(=O)O1)[C@]34O)O2.CO[C@H]1C[C@H](OC2/C(C)=C/C[C@@H]3C[C@@H](C[C@]4(CC[C@H](C)[C@@H](C(C)C)O4)O3)OC(=O)[C@@H]3C=C(C)[C@@H](O)[C@H]4OC/C(=C\C=C\[C@@H]2C)[C@]43O)O[C@@H](C)C1O[C@H]1C[C@H](OC)[C@@H](O)[C@H](C)O1. The molecular formula is C95H146O28. The Labute approximate surface area is 728 Å². The zero-order chi connectivity index (χ0) is 88.6. The number of hydrogen-bond donors (Lipinski definition) is 6. The molecule has 12 aliphatic heterocycles. The van der Waals surface area contributed by atoms with Crippen molar-refractivity contribution in [3.05, 3.63) is 94.2 Å². The minimum atomic E-state index is -1.82. The van der Waals surface area contributed by atoms with E-state index in [9.17, 15) is 40.2 Å². The molecule has 10 fully saturated rings. The van der Waals surface area contributed by atoms with Gasteiger partial charge >= 0.3 is 11.9 Å². The van der Waals surface area contributed by atoms with Gasteiger partial charge in [-0.05, 0) is 138 Å². The topological polar surface area (TPSA) is 340 Å². The first-order valence-corrected chi connectivity index (χ1v) is 45.8. The predicted molar refractivity (Wildman–Crippen MR) is 450 cm³/mol. The molecule has 0 aromatic carbocycles. The van der Waals surface area contributed by atoms with Crippen LogP contribution in [0.1, 0.15) is 207 Å². The summed E-state index contributed by atoms with van der Waals surface area (Å²) in [6.07, 6.45) is 12.1. The second-order valence-electron chi connectivity index (χ2n) is 38.6. The van der Waals surface area contributed by atoms with E-state index in [1.807, 2.05) is 38.2 Å². The van der Waals surface area contributed by atoms with Crippen LogP contribution in [0.5, 0.6) is 0 Å². The number of carbonyl (C=O) groups excluding carboxylic acids is 2. The summed E-state index contributed by atoms with van der Waals surface area (Å²) >= 11 is 0. The fraction of sp³-hybridized carbons (Fsp3) is 0.811. The van der Waals surface area contributed by atoms with Gasteiger partial charge < -0.3 is 125 Å². The Kier molecular flexibility index (Phi) is 31.9. The highest BCUT2D eigenvalue weighted by atomic mass is 16.8. The van der Waals surface area contributed by atoms with E-state index >= 15 is 0 Å². The summed E-state index contributed by atoms with van der Waals surface area (Å²) in [6, 6.07) is 0. The van der Waals surface area contributed by atoms with Crippen LogP contribution in [0, 0.1) is 47.3 Å². The molecule has 694 valence electrons. The van der Waals surface area contributed by atoms with Crippen LogP contribution in [0.25, 0.3) is 0 Å². The number of methoxy groups -OCH3 is 4. The molecule has 14 aliphatic rings. The van der Waals surface area contributed by atoms with Gasteiger partial charge in [-0.15, -0.1) is 0 Å². The third kappa shape index (κ3) is 20.8. The van der Waals surface area contributed by atoms with E-state index in [1.54, 1.807) is 80.4 Å². The largest absolute Gasteiger partial charge is 0.462 e. The van der Waals surface area contributed by atoms with Crippen LogP contribution in [0.2, 0.25) is 0 Å². The number of allylic oxidation sites excluding steroid dienone is 4. The van der Waals surface area contributed by atoms with Gasteiger partial charge in [0, 0.05) is 104 Å². The molecule has 2 aliphatic carbocycles. The number of fused-ring (bicyclic) bond motifs is 4. The summed E-state index contributed by atoms with van der Waals surface area (Å²) in [4.78, 5) is 28.7. The van der Waals surface area contributed by atoms with Crippen LogP contribution in [0.3, 0.4) is 0 Å². The monoisotopic (exact) mass is 1740 g/mol. The van der Waals surface area contributed by atoms with Crippen LogP contribution >= 0.6 is 0 Å². The van der Waals surface area contributed by atoms with E-state index in [0.717, 1.165) is 30.4 Å². The maximum atomic E-state index is 14.4. The molecule has 123 heavy (non-hydrogen) atoms. The van der Waals surface area contributed by atoms with E-state index in [2.05, 4.69) is 81.4 Å². The van der Waals surface area contributed by atoms with Crippen LogP contribution in [-0.4, -0.2) is 279 Å². The summed E-state index contributed by atoms with van der Waals surface area (Å²) in [7, 11) is 6.45. The molecular weight excluding hydrogens is 1590 g/mol. The van der Waals surface area contributed by atoms with Gasteiger partial charge in [-0.2, -0.15) is 0 Å². The van der Waals surface area contributed by atoms with Gasteiger partial charge in [0.2, 0.25) is 0 Å². The van der Waals surface area contributed by atoms with Gasteiger partial charge in [-0.3, -0.25) is 9.59 Å². The second kappa shape index (κ2) is 40.7. The Balaban J connectivity index is 0.000000212. The van der Waals surface area contributed by atoms with Crippen molar-refractivity contribution in [3.8, 4) is 0 Å². The highest BCUT2D eigenvalue weighted by Gasteiger charge is 2.63. The Morgan fingerprint density at radius 1 is 0.472 bits per heavy atom. The van der Waals surface area contributed by atoms with E-state index in [1.165, 1.54) is 0 Å². The summed E-state index contributed by atoms with van der Waals surface area (Å²) in [5, 5.41) is 68.4. The molecule has 0 radical (unpaired) electrons. The number of hydrogen-bond acceptors (Lipinski definition) is 28. The number of esters is 2. The van der Waals surface area contributed by atoms with Gasteiger partial charge in [0.05, 0.1) is 98.7 Å². The Bertz CT molecular complexity index is 3810. The van der Waals surface area contributed by atoms with Gasteiger partial charge in [-0.25, -0.2) is 0 Å². The molecule has 0 saturated carbocycles. The molecule has 0 aromatic rings. The molecule has 0 amide bonds. The highest BCUT2D eigenvalue weighted by molar-refractivity contribution is 5.79. The van der Waals surface area contributed by atoms with Crippen molar-refractivity contribution in [2.24, 2.45) is 47.3 Å². The molecule has 4 bridgehead atoms. The normalized spacial score (nSPS) is 49.5. The average Bonchev–Trinajstić information content (AvgIpc) is 1.64. The summed E-state index contributed by atoms with van der Waals surface area (Å²) in [6.45, 7) is 32.5. The van der Waals surface area contributed by atoms with Crippen LogP contribution in [-0.2, 0) is 104 Å². The van der Waals surface area contributed by atoms with Crippen molar-refractivity contribution >= 4 is 11.9 Å². The Morgan fingerprint density at radius 3 is 1.24 bits per heavy atom. The number of rotatable bonds is 15. The lowest BCUT2D eigenvalue weighted by molar-refractivity contribution is -0.341. The number of aliphatic hydroxyl groups excluding tert-OH is 4. The molecule has 10 saturated heterocycles. The highest BCUT2D eigenvalue weighted by Crippen LogP contribution is 2.52.